The SMILES string of the molecule is COc1cccc(C2(c3ccc(Br)cc3)CNCCO2)c1. The van der Waals surface area contributed by atoms with E-state index in [1.54, 1.807) is 7.11 Å². The third-order valence-corrected chi connectivity index (χ3v) is 4.38. The van der Waals surface area contributed by atoms with Crippen LogP contribution in [0.15, 0.2) is 53.0 Å². The number of ether oxygens (including phenoxy) is 2. The first-order valence-corrected chi connectivity index (χ1v) is 7.79. The molecule has 1 fully saturated rings. The molecule has 2 aromatic carbocycles. The Balaban J connectivity index is 2.09. The normalized spacial score (nSPS) is 22.0. The van der Waals surface area contributed by atoms with Gasteiger partial charge in [0.2, 0.25) is 0 Å². The molecule has 0 saturated carbocycles. The van der Waals surface area contributed by atoms with Crippen LogP contribution in [0, 0.1) is 0 Å². The largest absolute Gasteiger partial charge is 0.497 e. The topological polar surface area (TPSA) is 30.5 Å². The minimum Gasteiger partial charge on any atom is -0.497 e. The predicted octanol–water partition coefficient (Wildman–Crippen LogP) is 3.32. The van der Waals surface area contributed by atoms with Gasteiger partial charge in [0.25, 0.3) is 0 Å². The molecule has 21 heavy (non-hydrogen) atoms. The minimum atomic E-state index is -0.465. The van der Waals surface area contributed by atoms with Gasteiger partial charge in [-0.25, -0.2) is 0 Å². The maximum Gasteiger partial charge on any atom is 0.131 e. The van der Waals surface area contributed by atoms with Crippen LogP contribution in [0.2, 0.25) is 0 Å². The quantitative estimate of drug-likeness (QED) is 0.923. The second kappa shape index (κ2) is 6.18. The van der Waals surface area contributed by atoms with Crippen LogP contribution in [0.4, 0.5) is 0 Å². The van der Waals surface area contributed by atoms with E-state index in [-0.39, 0.29) is 0 Å². The lowest BCUT2D eigenvalue weighted by Gasteiger charge is -2.39. The molecule has 1 aliphatic rings. The molecule has 110 valence electrons. The van der Waals surface area contributed by atoms with Crippen LogP contribution in [0.25, 0.3) is 0 Å². The molecule has 1 aliphatic heterocycles. The molecule has 0 spiro atoms. The first kappa shape index (κ1) is 14.6. The average Bonchev–Trinajstić information content (AvgIpc) is 2.56. The highest BCUT2D eigenvalue weighted by Gasteiger charge is 2.37. The van der Waals surface area contributed by atoms with Gasteiger partial charge in [-0.2, -0.15) is 0 Å². The van der Waals surface area contributed by atoms with Crippen molar-refractivity contribution < 1.29 is 9.47 Å². The van der Waals surface area contributed by atoms with Crippen molar-refractivity contribution in [2.45, 2.75) is 5.60 Å². The van der Waals surface area contributed by atoms with Gasteiger partial charge in [-0.3, -0.25) is 0 Å². The van der Waals surface area contributed by atoms with Gasteiger partial charge in [0.1, 0.15) is 11.4 Å². The summed E-state index contributed by atoms with van der Waals surface area (Å²) in [5.41, 5.74) is 1.79. The molecule has 3 nitrogen and oxygen atoms in total. The highest BCUT2D eigenvalue weighted by atomic mass is 79.9. The van der Waals surface area contributed by atoms with E-state index in [2.05, 4.69) is 57.6 Å². The van der Waals surface area contributed by atoms with E-state index in [1.807, 2.05) is 12.1 Å². The third-order valence-electron chi connectivity index (χ3n) is 3.85. The van der Waals surface area contributed by atoms with Crippen molar-refractivity contribution in [1.82, 2.24) is 5.32 Å². The number of rotatable bonds is 3. The van der Waals surface area contributed by atoms with Crippen molar-refractivity contribution in [3.8, 4) is 5.75 Å². The van der Waals surface area contributed by atoms with Gasteiger partial charge >= 0.3 is 0 Å². The summed E-state index contributed by atoms with van der Waals surface area (Å²) < 4.78 is 12.7. The second-order valence-corrected chi connectivity index (χ2v) is 6.01. The molecule has 0 aromatic heterocycles. The molecule has 1 heterocycles. The highest BCUT2D eigenvalue weighted by Crippen LogP contribution is 2.36. The summed E-state index contributed by atoms with van der Waals surface area (Å²) in [7, 11) is 1.69. The lowest BCUT2D eigenvalue weighted by Crippen LogP contribution is -2.48. The highest BCUT2D eigenvalue weighted by molar-refractivity contribution is 9.10. The lowest BCUT2D eigenvalue weighted by atomic mass is 9.85. The van der Waals surface area contributed by atoms with E-state index in [0.29, 0.717) is 6.61 Å². The Morgan fingerprint density at radius 2 is 1.95 bits per heavy atom. The van der Waals surface area contributed by atoms with E-state index in [1.165, 1.54) is 0 Å². The fraction of sp³-hybridized carbons (Fsp3) is 0.294. The summed E-state index contributed by atoms with van der Waals surface area (Å²) in [5, 5.41) is 3.45. The fourth-order valence-corrected chi connectivity index (χ4v) is 3.01. The fourth-order valence-electron chi connectivity index (χ4n) is 2.74. The second-order valence-electron chi connectivity index (χ2n) is 5.09. The summed E-state index contributed by atoms with van der Waals surface area (Å²) in [5.74, 6) is 0.846. The molecular formula is C17H18BrNO2. The van der Waals surface area contributed by atoms with Crippen molar-refractivity contribution >= 4 is 15.9 Å². The molecule has 1 unspecified atom stereocenters. The van der Waals surface area contributed by atoms with Gasteiger partial charge in [-0.1, -0.05) is 40.2 Å². The smallest absolute Gasteiger partial charge is 0.131 e. The zero-order valence-corrected chi connectivity index (χ0v) is 13.5. The zero-order valence-electron chi connectivity index (χ0n) is 11.9. The first-order chi connectivity index (χ1) is 10.2. The molecule has 0 amide bonds. The zero-order chi connectivity index (χ0) is 14.7. The predicted molar refractivity (Wildman–Crippen MR) is 86.7 cm³/mol. The van der Waals surface area contributed by atoms with E-state index >= 15 is 0 Å². The Labute approximate surface area is 133 Å². The summed E-state index contributed by atoms with van der Waals surface area (Å²) >= 11 is 3.49. The third kappa shape index (κ3) is 2.84. The van der Waals surface area contributed by atoms with Crippen LogP contribution in [-0.2, 0) is 10.3 Å². The van der Waals surface area contributed by atoms with Crippen LogP contribution in [0.5, 0.6) is 5.75 Å². The lowest BCUT2D eigenvalue weighted by molar-refractivity contribution is -0.0405. The molecule has 0 radical (unpaired) electrons. The van der Waals surface area contributed by atoms with Crippen molar-refractivity contribution in [3.63, 3.8) is 0 Å². The van der Waals surface area contributed by atoms with Crippen LogP contribution >= 0.6 is 15.9 Å². The number of hydrogen-bond acceptors (Lipinski definition) is 3. The summed E-state index contributed by atoms with van der Waals surface area (Å²) in [4.78, 5) is 0. The summed E-state index contributed by atoms with van der Waals surface area (Å²) in [6.07, 6.45) is 0. The Hall–Kier alpha value is -1.36. The molecule has 4 heteroatoms. The Kier molecular flexibility index (Phi) is 4.29. The first-order valence-electron chi connectivity index (χ1n) is 7.00. The molecule has 2 aromatic rings. The van der Waals surface area contributed by atoms with Gasteiger partial charge in [0, 0.05) is 17.6 Å². The van der Waals surface area contributed by atoms with Crippen molar-refractivity contribution in [3.05, 3.63) is 64.1 Å². The molecule has 1 saturated heterocycles. The van der Waals surface area contributed by atoms with Gasteiger partial charge in [0.15, 0.2) is 0 Å². The molecule has 1 atom stereocenters. The molecular weight excluding hydrogens is 330 g/mol. The summed E-state index contributed by atoms with van der Waals surface area (Å²) in [6, 6.07) is 16.4. The van der Waals surface area contributed by atoms with Crippen LogP contribution < -0.4 is 10.1 Å². The van der Waals surface area contributed by atoms with Gasteiger partial charge in [-0.15, -0.1) is 0 Å². The molecule has 1 N–H and O–H groups in total. The molecule has 0 aliphatic carbocycles. The van der Waals surface area contributed by atoms with Crippen molar-refractivity contribution in [2.24, 2.45) is 0 Å². The minimum absolute atomic E-state index is 0.465. The van der Waals surface area contributed by atoms with E-state index in [4.69, 9.17) is 9.47 Å². The maximum atomic E-state index is 6.24. The van der Waals surface area contributed by atoms with Crippen LogP contribution in [0.3, 0.4) is 0 Å². The van der Waals surface area contributed by atoms with Gasteiger partial charge < -0.3 is 14.8 Å². The van der Waals surface area contributed by atoms with E-state index < -0.39 is 5.60 Å². The van der Waals surface area contributed by atoms with Crippen LogP contribution in [-0.4, -0.2) is 26.8 Å². The summed E-state index contributed by atoms with van der Waals surface area (Å²) in [6.45, 7) is 2.32. The number of hydrogen-bond donors (Lipinski definition) is 1. The number of morpholine rings is 1. The Bertz CT molecular complexity index is 606. The molecule has 0 bridgehead atoms. The standard InChI is InChI=1S/C17H18BrNO2/c1-20-16-4-2-3-14(11-16)17(12-19-9-10-21-17)13-5-7-15(18)8-6-13/h2-8,11,19H,9-10,12H2,1H3. The van der Waals surface area contributed by atoms with Gasteiger partial charge in [0.05, 0.1) is 13.7 Å². The Morgan fingerprint density at radius 3 is 2.62 bits per heavy atom. The number of benzene rings is 2. The Morgan fingerprint density at radius 1 is 1.14 bits per heavy atom. The number of methoxy groups -OCH3 is 1. The number of nitrogens with one attached hydrogen (secondary N) is 1. The van der Waals surface area contributed by atoms with E-state index in [0.717, 1.165) is 34.4 Å². The number of halogens is 1. The van der Waals surface area contributed by atoms with Crippen LogP contribution in [0.1, 0.15) is 11.1 Å². The average molecular weight is 348 g/mol. The van der Waals surface area contributed by atoms with E-state index in [9.17, 15) is 0 Å². The molecule has 3 rings (SSSR count). The van der Waals surface area contributed by atoms with Crippen molar-refractivity contribution in [2.75, 3.05) is 26.8 Å². The van der Waals surface area contributed by atoms with Gasteiger partial charge in [-0.05, 0) is 35.4 Å². The van der Waals surface area contributed by atoms with Crippen molar-refractivity contribution in [1.29, 1.82) is 0 Å². The maximum absolute atomic E-state index is 6.24. The monoisotopic (exact) mass is 347 g/mol.